The van der Waals surface area contributed by atoms with E-state index in [0.29, 0.717) is 26.3 Å². The zero-order valence-electron chi connectivity index (χ0n) is 18.0. The quantitative estimate of drug-likeness (QED) is 0.521. The molecule has 0 bridgehead atoms. The lowest BCUT2D eigenvalue weighted by atomic mass is 10.0. The number of piperazine rings is 1. The molecule has 0 radical (unpaired) electrons. The maximum atomic E-state index is 12.7. The number of morpholine rings is 1. The largest absolute Gasteiger partial charge is 0.378 e. The van der Waals surface area contributed by atoms with Crippen LogP contribution in [0.25, 0.3) is 22.5 Å². The SMILES string of the molecule is O=C(N1CCOCC1)N1CCN(Cc2ccc3c(c2)-c2[nH]nc(-c4ccsc4)c2C3)CC1. The molecule has 2 aliphatic heterocycles. The predicted octanol–water partition coefficient (Wildman–Crippen LogP) is 3.28. The van der Waals surface area contributed by atoms with E-state index in [4.69, 9.17) is 4.74 Å². The summed E-state index contributed by atoms with van der Waals surface area (Å²) in [6.07, 6.45) is 0.939. The molecule has 1 aromatic carbocycles. The molecule has 0 unspecified atom stereocenters. The molecule has 2 saturated heterocycles. The fourth-order valence-electron chi connectivity index (χ4n) is 5.01. The highest BCUT2D eigenvalue weighted by Crippen LogP contribution is 2.40. The molecule has 2 fully saturated rings. The minimum Gasteiger partial charge on any atom is -0.378 e. The fraction of sp³-hybridized carbons (Fsp3) is 0.417. The Morgan fingerprint density at radius 3 is 2.66 bits per heavy atom. The number of urea groups is 1. The van der Waals surface area contributed by atoms with Gasteiger partial charge in [0.2, 0.25) is 0 Å². The smallest absolute Gasteiger partial charge is 0.320 e. The van der Waals surface area contributed by atoms with Crippen molar-refractivity contribution in [3.8, 4) is 22.5 Å². The Bertz CT molecular complexity index is 1110. The topological polar surface area (TPSA) is 64.7 Å². The Kier molecular flexibility index (Phi) is 5.21. The maximum absolute atomic E-state index is 12.7. The number of aromatic nitrogens is 2. The van der Waals surface area contributed by atoms with Crippen LogP contribution in [0.2, 0.25) is 0 Å². The van der Waals surface area contributed by atoms with Gasteiger partial charge in [-0.1, -0.05) is 12.1 Å². The summed E-state index contributed by atoms with van der Waals surface area (Å²) in [5.74, 6) is 0. The molecular weight excluding hydrogens is 422 g/mol. The first kappa shape index (κ1) is 20.0. The number of ether oxygens (including phenoxy) is 1. The van der Waals surface area contributed by atoms with Gasteiger partial charge < -0.3 is 14.5 Å². The highest BCUT2D eigenvalue weighted by Gasteiger charge is 2.28. The van der Waals surface area contributed by atoms with Crippen LogP contribution in [0, 0.1) is 0 Å². The third-order valence-electron chi connectivity index (χ3n) is 6.80. The molecule has 6 rings (SSSR count). The standard InChI is InChI=1S/C24H27N5O2S/c30-24(29-8-10-31-11-9-29)28-6-4-27(5-7-28)15-17-1-2-18-14-21-22(19-3-12-32-16-19)25-26-23(21)20(18)13-17/h1-3,12-13,16H,4-11,14-15H2,(H,25,26). The Labute approximate surface area is 191 Å². The van der Waals surface area contributed by atoms with Gasteiger partial charge in [-0.2, -0.15) is 16.4 Å². The van der Waals surface area contributed by atoms with Crippen molar-refractivity contribution in [1.29, 1.82) is 0 Å². The molecule has 1 N–H and O–H groups in total. The van der Waals surface area contributed by atoms with Crippen LogP contribution >= 0.6 is 11.3 Å². The summed E-state index contributed by atoms with van der Waals surface area (Å²) in [7, 11) is 0. The Morgan fingerprint density at radius 1 is 1.06 bits per heavy atom. The summed E-state index contributed by atoms with van der Waals surface area (Å²) in [4.78, 5) is 19.1. The minimum atomic E-state index is 0.165. The van der Waals surface area contributed by atoms with E-state index in [1.807, 2.05) is 9.80 Å². The first-order valence-electron chi connectivity index (χ1n) is 11.3. The second kappa shape index (κ2) is 8.35. The van der Waals surface area contributed by atoms with Crippen molar-refractivity contribution in [2.45, 2.75) is 13.0 Å². The van der Waals surface area contributed by atoms with Gasteiger partial charge in [0, 0.05) is 74.3 Å². The molecule has 2 amide bonds. The van der Waals surface area contributed by atoms with Gasteiger partial charge in [-0.05, 0) is 28.6 Å². The van der Waals surface area contributed by atoms with E-state index >= 15 is 0 Å². The van der Waals surface area contributed by atoms with E-state index < -0.39 is 0 Å². The number of benzene rings is 1. The highest BCUT2D eigenvalue weighted by molar-refractivity contribution is 7.08. The average Bonchev–Trinajstić information content (AvgIpc) is 3.57. The predicted molar refractivity (Wildman–Crippen MR) is 125 cm³/mol. The summed E-state index contributed by atoms with van der Waals surface area (Å²) < 4.78 is 5.37. The molecule has 166 valence electrons. The van der Waals surface area contributed by atoms with E-state index in [9.17, 15) is 4.79 Å². The number of aromatic amines is 1. The van der Waals surface area contributed by atoms with Crippen LogP contribution in [0.5, 0.6) is 0 Å². The fourth-order valence-corrected chi connectivity index (χ4v) is 5.65. The number of carbonyl (C=O) groups excluding carboxylic acids is 1. The van der Waals surface area contributed by atoms with Crippen molar-refractivity contribution in [2.24, 2.45) is 0 Å². The molecule has 0 saturated carbocycles. The molecule has 1 aliphatic carbocycles. The van der Waals surface area contributed by atoms with Crippen LogP contribution in [0.4, 0.5) is 4.79 Å². The first-order valence-corrected chi connectivity index (χ1v) is 12.3. The Hall–Kier alpha value is -2.68. The van der Waals surface area contributed by atoms with E-state index in [-0.39, 0.29) is 6.03 Å². The lowest BCUT2D eigenvalue weighted by Crippen LogP contribution is -2.54. The number of carbonyl (C=O) groups is 1. The lowest BCUT2D eigenvalue weighted by Gasteiger charge is -2.38. The van der Waals surface area contributed by atoms with Crippen molar-refractivity contribution in [1.82, 2.24) is 24.9 Å². The highest BCUT2D eigenvalue weighted by atomic mass is 32.1. The Balaban J connectivity index is 1.11. The number of hydrogen-bond acceptors (Lipinski definition) is 5. The van der Waals surface area contributed by atoms with Gasteiger partial charge in [-0.3, -0.25) is 10.00 Å². The molecule has 0 spiro atoms. The molecule has 7 nitrogen and oxygen atoms in total. The molecule has 4 heterocycles. The minimum absolute atomic E-state index is 0.165. The van der Waals surface area contributed by atoms with Gasteiger partial charge in [0.1, 0.15) is 0 Å². The third kappa shape index (κ3) is 3.62. The molecule has 2 aromatic heterocycles. The lowest BCUT2D eigenvalue weighted by molar-refractivity contribution is 0.0373. The van der Waals surface area contributed by atoms with Gasteiger partial charge in [-0.15, -0.1) is 0 Å². The summed E-state index contributed by atoms with van der Waals surface area (Å²) >= 11 is 1.71. The second-order valence-electron chi connectivity index (χ2n) is 8.75. The Morgan fingerprint density at radius 2 is 1.88 bits per heavy atom. The van der Waals surface area contributed by atoms with Gasteiger partial charge in [0.15, 0.2) is 0 Å². The molecule has 32 heavy (non-hydrogen) atoms. The van der Waals surface area contributed by atoms with Crippen molar-refractivity contribution in [2.75, 3.05) is 52.5 Å². The van der Waals surface area contributed by atoms with Crippen LogP contribution < -0.4 is 0 Å². The number of nitrogens with zero attached hydrogens (tertiary/aromatic N) is 4. The van der Waals surface area contributed by atoms with Crippen LogP contribution in [-0.4, -0.2) is 83.4 Å². The van der Waals surface area contributed by atoms with Gasteiger partial charge in [0.05, 0.1) is 24.6 Å². The summed E-state index contributed by atoms with van der Waals surface area (Å²) in [6.45, 7) is 7.01. The number of rotatable bonds is 3. The first-order chi connectivity index (χ1) is 15.8. The number of H-pyrrole nitrogens is 1. The molecule has 0 atom stereocenters. The maximum Gasteiger partial charge on any atom is 0.320 e. The van der Waals surface area contributed by atoms with E-state index in [0.717, 1.165) is 44.8 Å². The van der Waals surface area contributed by atoms with Gasteiger partial charge >= 0.3 is 6.03 Å². The number of hydrogen-bond donors (Lipinski definition) is 1. The number of fused-ring (bicyclic) bond motifs is 3. The monoisotopic (exact) mass is 449 g/mol. The number of thiophene rings is 1. The zero-order valence-corrected chi connectivity index (χ0v) is 18.9. The third-order valence-corrected chi connectivity index (χ3v) is 7.49. The molecule has 8 heteroatoms. The van der Waals surface area contributed by atoms with Crippen molar-refractivity contribution in [3.05, 3.63) is 51.7 Å². The van der Waals surface area contributed by atoms with Crippen molar-refractivity contribution in [3.63, 3.8) is 0 Å². The number of nitrogens with one attached hydrogen (secondary N) is 1. The molecule has 3 aliphatic rings. The normalized spacial score (nSPS) is 18.6. The van der Waals surface area contributed by atoms with Crippen molar-refractivity contribution >= 4 is 17.4 Å². The van der Waals surface area contributed by atoms with Crippen LogP contribution in [-0.2, 0) is 17.7 Å². The van der Waals surface area contributed by atoms with Crippen LogP contribution in [0.3, 0.4) is 0 Å². The van der Waals surface area contributed by atoms with E-state index in [1.165, 1.54) is 33.5 Å². The summed E-state index contributed by atoms with van der Waals surface area (Å²) in [5, 5.41) is 12.2. The van der Waals surface area contributed by atoms with E-state index in [2.05, 4.69) is 50.1 Å². The molecule has 3 aromatic rings. The van der Waals surface area contributed by atoms with Crippen LogP contribution in [0.15, 0.2) is 35.0 Å². The summed E-state index contributed by atoms with van der Waals surface area (Å²) in [6, 6.07) is 9.15. The number of amides is 2. The van der Waals surface area contributed by atoms with Gasteiger partial charge in [-0.25, -0.2) is 4.79 Å². The van der Waals surface area contributed by atoms with Gasteiger partial charge in [0.25, 0.3) is 0 Å². The molecular formula is C24H27N5O2S. The second-order valence-corrected chi connectivity index (χ2v) is 9.53. The van der Waals surface area contributed by atoms with Crippen molar-refractivity contribution < 1.29 is 9.53 Å². The summed E-state index contributed by atoms with van der Waals surface area (Å²) in [5.41, 5.74) is 8.73. The average molecular weight is 450 g/mol. The van der Waals surface area contributed by atoms with E-state index in [1.54, 1.807) is 11.3 Å². The zero-order chi connectivity index (χ0) is 21.5. The van der Waals surface area contributed by atoms with Crippen LogP contribution in [0.1, 0.15) is 16.7 Å².